The Balaban J connectivity index is 2.20. The third kappa shape index (κ3) is 3.42. The van der Waals surface area contributed by atoms with Crippen molar-refractivity contribution in [1.82, 2.24) is 20.9 Å². The van der Waals surface area contributed by atoms with Crippen LogP contribution < -0.4 is 16.0 Å². The minimum atomic E-state index is -0.405. The van der Waals surface area contributed by atoms with Crippen LogP contribution in [0.2, 0.25) is 0 Å². The summed E-state index contributed by atoms with van der Waals surface area (Å²) in [6.45, 7) is 11.1. The molecule has 0 aromatic carbocycles. The Bertz CT molecular complexity index is 403. The van der Waals surface area contributed by atoms with Gasteiger partial charge < -0.3 is 15.5 Å². The van der Waals surface area contributed by atoms with Gasteiger partial charge in [0.25, 0.3) is 0 Å². The maximum atomic E-state index is 12.2. The Morgan fingerprint density at radius 1 is 1.10 bits per heavy atom. The Hall–Kier alpha value is -1.30. The average Bonchev–Trinajstić information content (AvgIpc) is 2.31. The first-order valence-corrected chi connectivity index (χ1v) is 7.25. The third-order valence-electron chi connectivity index (χ3n) is 3.94. The molecule has 0 spiro atoms. The lowest BCUT2D eigenvalue weighted by Gasteiger charge is -2.49. The highest BCUT2D eigenvalue weighted by atomic mass is 16.2. The van der Waals surface area contributed by atoms with Crippen molar-refractivity contribution in [1.29, 1.82) is 0 Å². The van der Waals surface area contributed by atoms with Gasteiger partial charge >= 0.3 is 12.1 Å². The number of carbonyl (C=O) groups excluding carboxylic acids is 2. The van der Waals surface area contributed by atoms with Gasteiger partial charge in [-0.1, -0.05) is 0 Å². The van der Waals surface area contributed by atoms with Crippen LogP contribution in [-0.2, 0) is 0 Å². The van der Waals surface area contributed by atoms with E-state index in [9.17, 15) is 9.59 Å². The van der Waals surface area contributed by atoms with Gasteiger partial charge in [0.1, 0.15) is 0 Å². The second kappa shape index (κ2) is 4.91. The summed E-state index contributed by atoms with van der Waals surface area (Å²) in [4.78, 5) is 25.5. The molecule has 2 rings (SSSR count). The van der Waals surface area contributed by atoms with E-state index in [1.54, 1.807) is 0 Å². The summed E-state index contributed by atoms with van der Waals surface area (Å²) in [6.07, 6.45) is 1.76. The monoisotopic (exact) mass is 282 g/mol. The van der Waals surface area contributed by atoms with Crippen molar-refractivity contribution in [3.63, 3.8) is 0 Å². The highest BCUT2D eigenvalue weighted by molar-refractivity contribution is 5.94. The summed E-state index contributed by atoms with van der Waals surface area (Å²) < 4.78 is 0. The molecule has 2 saturated heterocycles. The van der Waals surface area contributed by atoms with E-state index in [1.165, 1.54) is 0 Å². The van der Waals surface area contributed by atoms with Crippen molar-refractivity contribution in [2.45, 2.75) is 70.6 Å². The molecule has 0 aliphatic carbocycles. The number of carbonyl (C=O) groups is 2. The molecule has 2 aliphatic heterocycles. The Labute approximate surface area is 120 Å². The number of nitrogens with one attached hydrogen (secondary N) is 3. The van der Waals surface area contributed by atoms with E-state index in [-0.39, 0.29) is 29.2 Å². The molecule has 1 unspecified atom stereocenters. The zero-order valence-corrected chi connectivity index (χ0v) is 13.0. The van der Waals surface area contributed by atoms with Gasteiger partial charge in [-0.15, -0.1) is 0 Å². The van der Waals surface area contributed by atoms with E-state index < -0.39 is 6.03 Å². The lowest BCUT2D eigenvalue weighted by atomic mass is 9.79. The van der Waals surface area contributed by atoms with E-state index in [2.05, 4.69) is 43.6 Å². The molecule has 6 nitrogen and oxygen atoms in total. The number of urea groups is 2. The van der Waals surface area contributed by atoms with Crippen LogP contribution in [0, 0.1) is 0 Å². The maximum absolute atomic E-state index is 12.2. The van der Waals surface area contributed by atoms with Crippen LogP contribution >= 0.6 is 0 Å². The smallest absolute Gasteiger partial charge is 0.325 e. The lowest BCUT2D eigenvalue weighted by Crippen LogP contribution is -2.63. The van der Waals surface area contributed by atoms with Crippen molar-refractivity contribution in [3.05, 3.63) is 0 Å². The predicted molar refractivity (Wildman–Crippen MR) is 77.5 cm³/mol. The standard InChI is InChI=1S/C14H26N4O2/c1-9-8-18(12(20)16-11(19)15-9)10-6-13(2,3)17-14(4,5)7-10/h9-10,17H,6-8H2,1-5H3,(H2,15,16,19,20). The SMILES string of the molecule is CC1CN(C2CC(C)(C)NC(C)(C)C2)C(=O)NC(=O)N1. The molecule has 4 amide bonds. The van der Waals surface area contributed by atoms with Crippen LogP contribution in [0.15, 0.2) is 0 Å². The molecule has 20 heavy (non-hydrogen) atoms. The van der Waals surface area contributed by atoms with Crippen molar-refractivity contribution >= 4 is 12.1 Å². The number of amides is 4. The molecule has 1 atom stereocenters. The summed E-state index contributed by atoms with van der Waals surface area (Å²) in [5.41, 5.74) is -0.0562. The van der Waals surface area contributed by atoms with Gasteiger partial charge in [-0.05, 0) is 47.5 Å². The Kier molecular flexibility index (Phi) is 3.71. The van der Waals surface area contributed by atoms with E-state index in [1.807, 2.05) is 11.8 Å². The fourth-order valence-corrected chi connectivity index (χ4v) is 3.66. The number of nitrogens with zero attached hydrogens (tertiary/aromatic N) is 1. The van der Waals surface area contributed by atoms with E-state index in [0.717, 1.165) is 12.8 Å². The Morgan fingerprint density at radius 2 is 1.65 bits per heavy atom. The summed E-state index contributed by atoms with van der Waals surface area (Å²) in [5.74, 6) is 0. The van der Waals surface area contributed by atoms with Crippen LogP contribution in [0.5, 0.6) is 0 Å². The fraction of sp³-hybridized carbons (Fsp3) is 0.857. The largest absolute Gasteiger partial charge is 0.334 e. The molecule has 0 aromatic heterocycles. The van der Waals surface area contributed by atoms with Crippen molar-refractivity contribution in [2.24, 2.45) is 0 Å². The molecule has 2 fully saturated rings. The molecule has 0 bridgehead atoms. The van der Waals surface area contributed by atoms with E-state index >= 15 is 0 Å². The van der Waals surface area contributed by atoms with Crippen molar-refractivity contribution in [3.8, 4) is 0 Å². The zero-order valence-electron chi connectivity index (χ0n) is 13.0. The topological polar surface area (TPSA) is 73.5 Å². The fourth-order valence-electron chi connectivity index (χ4n) is 3.66. The lowest BCUT2D eigenvalue weighted by molar-refractivity contribution is 0.0827. The maximum Gasteiger partial charge on any atom is 0.325 e. The van der Waals surface area contributed by atoms with Gasteiger partial charge in [0.2, 0.25) is 0 Å². The summed E-state index contributed by atoms with van der Waals surface area (Å²) in [5, 5.41) is 8.76. The molecule has 0 radical (unpaired) electrons. The summed E-state index contributed by atoms with van der Waals surface area (Å²) in [6, 6.07) is -0.596. The molecule has 2 heterocycles. The first-order chi connectivity index (χ1) is 9.08. The number of rotatable bonds is 1. The second-order valence-electron chi connectivity index (χ2n) is 7.41. The van der Waals surface area contributed by atoms with Crippen LogP contribution in [0.25, 0.3) is 0 Å². The van der Waals surface area contributed by atoms with E-state index in [0.29, 0.717) is 6.54 Å². The first kappa shape index (κ1) is 15.1. The minimum absolute atomic E-state index is 0.0281. The van der Waals surface area contributed by atoms with Gasteiger partial charge in [0.15, 0.2) is 0 Å². The van der Waals surface area contributed by atoms with E-state index in [4.69, 9.17) is 0 Å². The van der Waals surface area contributed by atoms with Gasteiger partial charge in [-0.2, -0.15) is 0 Å². The quantitative estimate of drug-likeness (QED) is 0.681. The summed E-state index contributed by atoms with van der Waals surface area (Å²) in [7, 11) is 0. The highest BCUT2D eigenvalue weighted by Gasteiger charge is 2.42. The summed E-state index contributed by atoms with van der Waals surface area (Å²) >= 11 is 0. The number of piperidine rings is 1. The molecule has 2 aliphatic rings. The van der Waals surface area contributed by atoms with Gasteiger partial charge in [0.05, 0.1) is 0 Å². The molecule has 0 aromatic rings. The van der Waals surface area contributed by atoms with Crippen LogP contribution in [0.1, 0.15) is 47.5 Å². The Morgan fingerprint density at radius 3 is 2.20 bits per heavy atom. The van der Waals surface area contributed by atoms with Crippen LogP contribution in [-0.4, -0.2) is 46.7 Å². The molecule has 6 heteroatoms. The van der Waals surface area contributed by atoms with Gasteiger partial charge in [0, 0.05) is 29.7 Å². The van der Waals surface area contributed by atoms with Crippen LogP contribution in [0.4, 0.5) is 9.59 Å². The van der Waals surface area contributed by atoms with Crippen molar-refractivity contribution in [2.75, 3.05) is 6.54 Å². The molecular formula is C14H26N4O2. The highest BCUT2D eigenvalue weighted by Crippen LogP contribution is 2.31. The molecule has 0 saturated carbocycles. The van der Waals surface area contributed by atoms with Gasteiger partial charge in [-0.25, -0.2) is 9.59 Å². The number of hydrogen-bond acceptors (Lipinski definition) is 3. The second-order valence-corrected chi connectivity index (χ2v) is 7.41. The van der Waals surface area contributed by atoms with Gasteiger partial charge in [-0.3, -0.25) is 5.32 Å². The molecular weight excluding hydrogens is 256 g/mol. The minimum Gasteiger partial charge on any atom is -0.334 e. The molecule has 114 valence electrons. The zero-order chi connectivity index (χ0) is 15.1. The third-order valence-corrected chi connectivity index (χ3v) is 3.94. The van der Waals surface area contributed by atoms with Crippen molar-refractivity contribution < 1.29 is 9.59 Å². The number of hydrogen-bond donors (Lipinski definition) is 3. The first-order valence-electron chi connectivity index (χ1n) is 7.25. The van der Waals surface area contributed by atoms with Crippen LogP contribution in [0.3, 0.4) is 0 Å². The normalized spacial score (nSPS) is 30.4. The average molecular weight is 282 g/mol. The molecule has 3 N–H and O–H groups in total. The number of imide groups is 1. The predicted octanol–water partition coefficient (Wildman–Crippen LogP) is 1.42.